The van der Waals surface area contributed by atoms with Crippen LogP contribution in [0, 0.1) is 5.82 Å². The highest BCUT2D eigenvalue weighted by atomic mass is 32.2. The van der Waals surface area contributed by atoms with Gasteiger partial charge in [-0.05, 0) is 23.9 Å². The molecule has 10 heteroatoms. The molecular weight excluding hydrogens is 339 g/mol. The first-order valence-electron chi connectivity index (χ1n) is 7.12. The summed E-state index contributed by atoms with van der Waals surface area (Å²) in [6, 6.07) is 2.81. The summed E-state index contributed by atoms with van der Waals surface area (Å²) in [5.74, 6) is -1.54. The van der Waals surface area contributed by atoms with E-state index in [1.54, 1.807) is 11.0 Å². The number of ether oxygens (including phenoxy) is 1. The minimum atomic E-state index is -1.06. The number of benzene rings is 1. The average Bonchev–Trinajstić information content (AvgIpc) is 3.07. The van der Waals surface area contributed by atoms with Gasteiger partial charge in [-0.3, -0.25) is 14.5 Å². The largest absolute Gasteiger partial charge is 0.434 e. The van der Waals surface area contributed by atoms with Crippen molar-refractivity contribution in [2.24, 2.45) is 10.7 Å². The molecule has 0 spiro atoms. The van der Waals surface area contributed by atoms with Gasteiger partial charge in [0, 0.05) is 17.9 Å². The van der Waals surface area contributed by atoms with E-state index >= 15 is 0 Å². The summed E-state index contributed by atoms with van der Waals surface area (Å²) in [7, 11) is 0. The van der Waals surface area contributed by atoms with E-state index in [-0.39, 0.29) is 24.6 Å². The van der Waals surface area contributed by atoms with Crippen LogP contribution in [0.5, 0.6) is 0 Å². The van der Waals surface area contributed by atoms with Gasteiger partial charge >= 0.3 is 6.09 Å². The van der Waals surface area contributed by atoms with Crippen molar-refractivity contribution in [1.29, 1.82) is 0 Å². The predicted molar refractivity (Wildman–Crippen MR) is 83.5 cm³/mol. The first-order chi connectivity index (χ1) is 11.4. The fourth-order valence-corrected chi connectivity index (χ4v) is 3.91. The van der Waals surface area contributed by atoms with Crippen LogP contribution in [-0.4, -0.2) is 42.3 Å². The Morgan fingerprint density at radius 3 is 2.88 bits per heavy atom. The Morgan fingerprint density at radius 2 is 2.17 bits per heavy atom. The van der Waals surface area contributed by atoms with Gasteiger partial charge in [0.2, 0.25) is 5.91 Å². The van der Waals surface area contributed by atoms with Gasteiger partial charge in [-0.15, -0.1) is 0 Å². The second-order valence-electron chi connectivity index (χ2n) is 5.45. The number of hydrogen-bond donors (Lipinski definition) is 1. The number of nitrogens with two attached hydrogens (primary N) is 1. The Labute approximate surface area is 139 Å². The maximum Gasteiger partial charge on any atom is 0.415 e. The van der Waals surface area contributed by atoms with Crippen LogP contribution in [-0.2, 0) is 14.3 Å². The van der Waals surface area contributed by atoms with E-state index in [0.717, 1.165) is 16.7 Å². The lowest BCUT2D eigenvalue weighted by Crippen LogP contribution is -2.33. The Balaban J connectivity index is 1.70. The van der Waals surface area contributed by atoms with Crippen molar-refractivity contribution in [2.75, 3.05) is 22.9 Å². The molecule has 3 aliphatic rings. The molecule has 24 heavy (non-hydrogen) atoms. The van der Waals surface area contributed by atoms with Crippen LogP contribution in [0.3, 0.4) is 0 Å². The number of carbonyl (C=O) groups excluding carboxylic acids is 3. The number of amidine groups is 1. The second kappa shape index (κ2) is 5.20. The van der Waals surface area contributed by atoms with Gasteiger partial charge in [0.05, 0.1) is 17.9 Å². The minimum absolute atomic E-state index is 0.0692. The Kier molecular flexibility index (Phi) is 3.23. The molecule has 8 nitrogen and oxygen atoms in total. The molecule has 0 bridgehead atoms. The molecule has 0 radical (unpaired) electrons. The van der Waals surface area contributed by atoms with Crippen LogP contribution < -0.4 is 15.5 Å². The number of rotatable bonds is 2. The number of fused-ring (bicyclic) bond motifs is 3. The number of amides is 3. The summed E-state index contributed by atoms with van der Waals surface area (Å²) >= 11 is 1.16. The number of hydrogen-bond acceptors (Lipinski definition) is 6. The summed E-state index contributed by atoms with van der Waals surface area (Å²) in [5.41, 5.74) is 5.74. The average molecular weight is 350 g/mol. The Bertz CT molecular complexity index is 827. The van der Waals surface area contributed by atoms with Crippen molar-refractivity contribution in [3.05, 3.63) is 17.9 Å². The maximum absolute atomic E-state index is 14.6. The lowest BCUT2D eigenvalue weighted by atomic mass is 10.2. The second-order valence-corrected chi connectivity index (χ2v) is 6.46. The molecule has 1 atom stereocenters. The van der Waals surface area contributed by atoms with Crippen molar-refractivity contribution < 1.29 is 23.5 Å². The standard InChI is InChI=1S/C14H11FN4O4S/c15-7-3-6(19-5-8(12(16)21)23-14(19)22)4-9-11(7)18-2-1-10(20)17-13(18)24-9/h3-4,8H,1-2,5H2,(H2,16,21)/t8-/m1/s1. The Hall–Kier alpha value is -2.62. The highest BCUT2D eigenvalue weighted by Gasteiger charge is 2.38. The first-order valence-corrected chi connectivity index (χ1v) is 7.93. The predicted octanol–water partition coefficient (Wildman–Crippen LogP) is 0.835. The third kappa shape index (κ3) is 2.21. The number of halogens is 1. The molecular formula is C14H11FN4O4S. The van der Waals surface area contributed by atoms with E-state index in [1.807, 2.05) is 0 Å². The molecule has 3 aliphatic heterocycles. The highest BCUT2D eigenvalue weighted by molar-refractivity contribution is 8.14. The van der Waals surface area contributed by atoms with E-state index < -0.39 is 23.9 Å². The minimum Gasteiger partial charge on any atom is -0.434 e. The molecule has 1 saturated heterocycles. The molecule has 1 fully saturated rings. The molecule has 3 heterocycles. The third-order valence-corrected chi connectivity index (χ3v) is 4.95. The zero-order valence-electron chi connectivity index (χ0n) is 12.2. The lowest BCUT2D eigenvalue weighted by molar-refractivity contribution is -0.124. The number of primary amides is 1. The van der Waals surface area contributed by atoms with Crippen LogP contribution in [0.25, 0.3) is 0 Å². The van der Waals surface area contributed by atoms with Crippen molar-refractivity contribution in [3.8, 4) is 0 Å². The Morgan fingerprint density at radius 1 is 1.38 bits per heavy atom. The first kappa shape index (κ1) is 14.9. The SMILES string of the molecule is NC(=O)[C@H]1CN(c2cc(F)c3c(c2)SC2=NC(=O)CCN23)C(=O)O1. The third-order valence-electron chi connectivity index (χ3n) is 3.93. The number of carbonyl (C=O) groups is 3. The van der Waals surface area contributed by atoms with Crippen LogP contribution in [0.4, 0.5) is 20.6 Å². The number of anilines is 2. The number of nitrogens with zero attached hydrogens (tertiary/aromatic N) is 3. The molecule has 0 aromatic heterocycles. The van der Waals surface area contributed by atoms with E-state index in [0.29, 0.717) is 22.3 Å². The van der Waals surface area contributed by atoms with E-state index in [2.05, 4.69) is 4.99 Å². The van der Waals surface area contributed by atoms with Crippen molar-refractivity contribution in [3.63, 3.8) is 0 Å². The van der Waals surface area contributed by atoms with Crippen LogP contribution in [0.15, 0.2) is 22.0 Å². The smallest absolute Gasteiger partial charge is 0.415 e. The molecule has 0 unspecified atom stereocenters. The van der Waals surface area contributed by atoms with Gasteiger partial charge in [0.1, 0.15) is 5.82 Å². The van der Waals surface area contributed by atoms with Gasteiger partial charge in [-0.2, -0.15) is 4.99 Å². The zero-order valence-corrected chi connectivity index (χ0v) is 13.0. The normalized spacial score (nSPS) is 22.2. The summed E-state index contributed by atoms with van der Waals surface area (Å²) in [5, 5.41) is 0.427. The quantitative estimate of drug-likeness (QED) is 0.847. The van der Waals surface area contributed by atoms with Crippen LogP contribution in [0.1, 0.15) is 6.42 Å². The van der Waals surface area contributed by atoms with Gasteiger partial charge in [-0.25, -0.2) is 9.18 Å². The van der Waals surface area contributed by atoms with E-state index in [9.17, 15) is 18.8 Å². The van der Waals surface area contributed by atoms with E-state index in [4.69, 9.17) is 10.5 Å². The number of cyclic esters (lactones) is 1. The molecule has 3 amide bonds. The number of thioether (sulfide) groups is 1. The summed E-state index contributed by atoms with van der Waals surface area (Å²) in [4.78, 5) is 41.7. The zero-order chi connectivity index (χ0) is 17.0. The molecule has 2 N–H and O–H groups in total. The topological polar surface area (TPSA) is 105 Å². The van der Waals surface area contributed by atoms with Crippen LogP contribution in [0.2, 0.25) is 0 Å². The summed E-state index contributed by atoms with van der Waals surface area (Å²) in [6.45, 7) is 0.295. The lowest BCUT2D eigenvalue weighted by Gasteiger charge is -2.22. The molecule has 0 saturated carbocycles. The highest BCUT2D eigenvalue weighted by Crippen LogP contribution is 2.45. The van der Waals surface area contributed by atoms with Crippen molar-refractivity contribution in [2.45, 2.75) is 17.4 Å². The fourth-order valence-electron chi connectivity index (χ4n) is 2.79. The molecule has 1 aromatic rings. The molecule has 4 rings (SSSR count). The van der Waals surface area contributed by atoms with Crippen molar-refractivity contribution >= 4 is 46.2 Å². The monoisotopic (exact) mass is 350 g/mol. The van der Waals surface area contributed by atoms with Crippen LogP contribution >= 0.6 is 11.8 Å². The van der Waals surface area contributed by atoms with Gasteiger partial charge < -0.3 is 15.4 Å². The molecule has 0 aliphatic carbocycles. The van der Waals surface area contributed by atoms with Gasteiger partial charge in [-0.1, -0.05) is 0 Å². The summed E-state index contributed by atoms with van der Waals surface area (Å²) in [6.07, 6.45) is -1.59. The summed E-state index contributed by atoms with van der Waals surface area (Å²) < 4.78 is 19.5. The van der Waals surface area contributed by atoms with Crippen molar-refractivity contribution in [1.82, 2.24) is 0 Å². The molecule has 1 aromatic carbocycles. The van der Waals surface area contributed by atoms with Gasteiger partial charge in [0.15, 0.2) is 11.3 Å². The fraction of sp³-hybridized carbons (Fsp3) is 0.286. The van der Waals surface area contributed by atoms with E-state index in [1.165, 1.54) is 6.07 Å². The van der Waals surface area contributed by atoms with Gasteiger partial charge in [0.25, 0.3) is 5.91 Å². The maximum atomic E-state index is 14.6. The molecule has 124 valence electrons. The number of aliphatic imine (C=N–C) groups is 1.